The summed E-state index contributed by atoms with van der Waals surface area (Å²) >= 11 is 0. The second-order valence-electron chi connectivity index (χ2n) is 3.88. The van der Waals surface area contributed by atoms with Crippen LogP contribution in [0.15, 0.2) is 65.8 Å². The molecule has 0 amide bonds. The van der Waals surface area contributed by atoms with E-state index >= 15 is 0 Å². The number of carbonyl (C=O) groups excluding carboxylic acids is 1. The van der Waals surface area contributed by atoms with Gasteiger partial charge in [-0.2, -0.15) is 5.10 Å². The second kappa shape index (κ2) is 9.59. The Labute approximate surface area is 113 Å². The molecular formula is C16H18N2O. The Hall–Kier alpha value is -2.42. The molecule has 0 saturated heterocycles. The van der Waals surface area contributed by atoms with Gasteiger partial charge in [-0.1, -0.05) is 60.7 Å². The monoisotopic (exact) mass is 254 g/mol. The van der Waals surface area contributed by atoms with Crippen LogP contribution in [-0.4, -0.2) is 12.5 Å². The third kappa shape index (κ3) is 6.78. The fourth-order valence-electron chi connectivity index (χ4n) is 1.48. The quantitative estimate of drug-likeness (QED) is 0.394. The fraction of sp³-hybridized carbons (Fsp3) is 0.125. The maximum Gasteiger partial charge on any atom is 0.124 e. The molecule has 19 heavy (non-hydrogen) atoms. The summed E-state index contributed by atoms with van der Waals surface area (Å²) in [6.07, 6.45) is 3.95. The molecule has 2 rings (SSSR count). The van der Waals surface area contributed by atoms with Gasteiger partial charge in [0.05, 0.1) is 0 Å². The van der Waals surface area contributed by atoms with Crippen molar-refractivity contribution in [3.05, 3.63) is 71.8 Å². The molecule has 0 radical (unpaired) electrons. The molecule has 2 aromatic rings. The highest BCUT2D eigenvalue weighted by Gasteiger charge is 1.85. The molecule has 0 saturated carbocycles. The van der Waals surface area contributed by atoms with E-state index in [1.807, 2.05) is 60.7 Å². The van der Waals surface area contributed by atoms with E-state index in [0.717, 1.165) is 18.3 Å². The summed E-state index contributed by atoms with van der Waals surface area (Å²) in [6, 6.07) is 19.8. The molecule has 2 aromatic carbocycles. The molecule has 0 aliphatic carbocycles. The van der Waals surface area contributed by atoms with Crippen molar-refractivity contribution in [2.75, 3.05) is 0 Å². The largest absolute Gasteiger partial charge is 0.324 e. The summed E-state index contributed by atoms with van der Waals surface area (Å²) in [5.74, 6) is 4.95. The lowest BCUT2D eigenvalue weighted by molar-refractivity contribution is -0.107. The second-order valence-corrected chi connectivity index (χ2v) is 3.88. The van der Waals surface area contributed by atoms with Gasteiger partial charge in [-0.05, 0) is 11.1 Å². The average Bonchev–Trinajstić information content (AvgIpc) is 2.48. The first-order valence-electron chi connectivity index (χ1n) is 6.10. The lowest BCUT2D eigenvalue weighted by Gasteiger charge is -1.91. The van der Waals surface area contributed by atoms with Crippen molar-refractivity contribution >= 4 is 12.5 Å². The van der Waals surface area contributed by atoms with Crippen molar-refractivity contribution in [2.24, 2.45) is 10.9 Å². The highest BCUT2D eigenvalue weighted by Crippen LogP contribution is 1.97. The van der Waals surface area contributed by atoms with Gasteiger partial charge in [0.15, 0.2) is 0 Å². The van der Waals surface area contributed by atoms with Crippen LogP contribution < -0.4 is 5.84 Å². The molecular weight excluding hydrogens is 236 g/mol. The number of nitrogens with two attached hydrogens (primary N) is 1. The maximum atomic E-state index is 9.97. The number of benzene rings is 2. The zero-order chi connectivity index (χ0) is 13.8. The van der Waals surface area contributed by atoms with Crippen LogP contribution in [-0.2, 0) is 17.6 Å². The topological polar surface area (TPSA) is 55.4 Å². The summed E-state index contributed by atoms with van der Waals surface area (Å²) in [4.78, 5) is 9.97. The predicted octanol–water partition coefficient (Wildman–Crippen LogP) is 2.60. The van der Waals surface area contributed by atoms with Crippen molar-refractivity contribution in [2.45, 2.75) is 12.8 Å². The molecule has 0 aliphatic rings. The van der Waals surface area contributed by atoms with E-state index in [4.69, 9.17) is 5.84 Å². The van der Waals surface area contributed by atoms with Gasteiger partial charge in [0, 0.05) is 19.1 Å². The molecule has 3 nitrogen and oxygen atoms in total. The normalized spacial score (nSPS) is 9.68. The maximum absolute atomic E-state index is 9.97. The summed E-state index contributed by atoms with van der Waals surface area (Å²) < 4.78 is 0. The highest BCUT2D eigenvalue weighted by atomic mass is 16.1. The van der Waals surface area contributed by atoms with Gasteiger partial charge in [0.25, 0.3) is 0 Å². The first kappa shape index (κ1) is 14.6. The van der Waals surface area contributed by atoms with Crippen molar-refractivity contribution in [3.63, 3.8) is 0 Å². The van der Waals surface area contributed by atoms with Crippen molar-refractivity contribution in [3.8, 4) is 0 Å². The van der Waals surface area contributed by atoms with Crippen molar-refractivity contribution < 1.29 is 4.79 Å². The number of rotatable bonds is 4. The van der Waals surface area contributed by atoms with Gasteiger partial charge in [0.1, 0.15) is 6.29 Å². The van der Waals surface area contributed by atoms with Crippen LogP contribution in [0.3, 0.4) is 0 Å². The molecule has 0 aliphatic heterocycles. The number of hydrogen-bond acceptors (Lipinski definition) is 3. The Kier molecular flexibility index (Phi) is 7.39. The van der Waals surface area contributed by atoms with Crippen LogP contribution in [0.1, 0.15) is 11.1 Å². The molecule has 0 aromatic heterocycles. The minimum atomic E-state index is 0.529. The van der Waals surface area contributed by atoms with E-state index < -0.39 is 0 Å². The predicted molar refractivity (Wildman–Crippen MR) is 79.0 cm³/mol. The fourth-order valence-corrected chi connectivity index (χ4v) is 1.48. The summed E-state index contributed by atoms with van der Waals surface area (Å²) in [6.45, 7) is 0. The van der Waals surface area contributed by atoms with Crippen LogP contribution in [0.25, 0.3) is 0 Å². The van der Waals surface area contributed by atoms with E-state index in [-0.39, 0.29) is 0 Å². The summed E-state index contributed by atoms with van der Waals surface area (Å²) in [7, 11) is 0. The van der Waals surface area contributed by atoms with Crippen molar-refractivity contribution in [1.29, 1.82) is 0 Å². The van der Waals surface area contributed by atoms with Crippen molar-refractivity contribution in [1.82, 2.24) is 0 Å². The molecule has 0 heterocycles. The molecule has 3 heteroatoms. The van der Waals surface area contributed by atoms with Gasteiger partial charge in [0.2, 0.25) is 0 Å². The van der Waals surface area contributed by atoms with E-state index in [1.54, 1.807) is 6.21 Å². The first-order valence-corrected chi connectivity index (χ1v) is 6.10. The molecule has 0 spiro atoms. The van der Waals surface area contributed by atoms with Crippen LogP contribution in [0, 0.1) is 0 Å². The smallest absolute Gasteiger partial charge is 0.124 e. The van der Waals surface area contributed by atoms with Gasteiger partial charge in [-0.25, -0.2) is 0 Å². The lowest BCUT2D eigenvalue weighted by Crippen LogP contribution is -1.88. The van der Waals surface area contributed by atoms with E-state index in [2.05, 4.69) is 5.10 Å². The van der Waals surface area contributed by atoms with Gasteiger partial charge < -0.3 is 10.6 Å². The summed E-state index contributed by atoms with van der Waals surface area (Å²) in [5.41, 5.74) is 2.31. The number of hydrazone groups is 1. The van der Waals surface area contributed by atoms with E-state index in [1.165, 1.54) is 5.56 Å². The molecule has 0 bridgehead atoms. The average molecular weight is 254 g/mol. The van der Waals surface area contributed by atoms with Crippen LogP contribution in [0.5, 0.6) is 0 Å². The SMILES string of the molecule is N/N=C/Cc1ccccc1.O=CCc1ccccc1. The Morgan fingerprint density at radius 1 is 0.842 bits per heavy atom. The minimum absolute atomic E-state index is 0.529. The Morgan fingerprint density at radius 2 is 1.32 bits per heavy atom. The molecule has 0 atom stereocenters. The molecule has 0 fully saturated rings. The number of aldehydes is 1. The Balaban J connectivity index is 0.000000191. The Morgan fingerprint density at radius 3 is 1.74 bits per heavy atom. The molecule has 0 unspecified atom stereocenters. The van der Waals surface area contributed by atoms with E-state index in [9.17, 15) is 4.79 Å². The number of hydrogen-bond donors (Lipinski definition) is 1. The third-order valence-electron chi connectivity index (χ3n) is 2.44. The van der Waals surface area contributed by atoms with E-state index in [0.29, 0.717) is 6.42 Å². The minimum Gasteiger partial charge on any atom is -0.324 e. The van der Waals surface area contributed by atoms with Crippen LogP contribution in [0.2, 0.25) is 0 Å². The number of carbonyl (C=O) groups is 1. The van der Waals surface area contributed by atoms with Crippen LogP contribution >= 0.6 is 0 Å². The van der Waals surface area contributed by atoms with Gasteiger partial charge in [-0.15, -0.1) is 0 Å². The zero-order valence-electron chi connectivity index (χ0n) is 10.8. The summed E-state index contributed by atoms with van der Waals surface area (Å²) in [5, 5.41) is 3.41. The van der Waals surface area contributed by atoms with Gasteiger partial charge in [-0.3, -0.25) is 0 Å². The zero-order valence-corrected chi connectivity index (χ0v) is 10.8. The molecule has 98 valence electrons. The lowest BCUT2D eigenvalue weighted by atomic mass is 10.2. The molecule has 2 N–H and O–H groups in total. The number of nitrogens with zero attached hydrogens (tertiary/aromatic N) is 1. The standard InChI is InChI=1S/C8H10N2.C8H8O/c9-10-7-6-8-4-2-1-3-5-8;9-7-6-8-4-2-1-3-5-8/h1-5,7H,6,9H2;1-5,7H,6H2/b10-7+;. The first-order chi connectivity index (χ1) is 9.36. The van der Waals surface area contributed by atoms with Crippen LogP contribution in [0.4, 0.5) is 0 Å². The Bertz CT molecular complexity index is 481. The highest BCUT2D eigenvalue weighted by molar-refractivity contribution is 5.60. The third-order valence-corrected chi connectivity index (χ3v) is 2.44. The van der Waals surface area contributed by atoms with Gasteiger partial charge >= 0.3 is 0 Å².